The summed E-state index contributed by atoms with van der Waals surface area (Å²) in [5, 5.41) is 0. The van der Waals surface area contributed by atoms with Crippen LogP contribution >= 0.6 is 0 Å². The van der Waals surface area contributed by atoms with Gasteiger partial charge in [0.25, 0.3) is 0 Å². The van der Waals surface area contributed by atoms with Gasteiger partial charge in [-0.15, -0.1) is 0 Å². The molecule has 0 aromatic heterocycles. The minimum atomic E-state index is 0.811. The first-order valence-electron chi connectivity index (χ1n) is 16.7. The van der Waals surface area contributed by atoms with E-state index in [1.807, 2.05) is 0 Å². The Labute approximate surface area is 239 Å². The molecule has 0 aliphatic carbocycles. The van der Waals surface area contributed by atoms with Crippen molar-refractivity contribution in [2.75, 3.05) is 0 Å². The fourth-order valence-electron chi connectivity index (χ4n) is 5.15. The maximum absolute atomic E-state index is 2.48. The number of allylic oxidation sites excluding steroid dienone is 3. The van der Waals surface area contributed by atoms with Crippen LogP contribution in [0.25, 0.3) is 0 Å². The van der Waals surface area contributed by atoms with Crippen molar-refractivity contribution in [2.45, 2.75) is 162 Å². The van der Waals surface area contributed by atoms with Crippen LogP contribution in [0, 0.1) is 0 Å². The molecule has 0 atom stereocenters. The van der Waals surface area contributed by atoms with E-state index in [0.717, 1.165) is 11.0 Å². The van der Waals surface area contributed by atoms with Crippen LogP contribution in [0.2, 0.25) is 0 Å². The van der Waals surface area contributed by atoms with E-state index in [1.54, 1.807) is 0 Å². The molecular formula is C37H64N+. The Balaban J connectivity index is 2.84. The number of unbranched alkanes of at least 4 members (excludes halogenated alkanes) is 18. The van der Waals surface area contributed by atoms with Gasteiger partial charge < -0.3 is 0 Å². The van der Waals surface area contributed by atoms with Crippen molar-refractivity contribution < 1.29 is 4.48 Å². The second-order valence-corrected chi connectivity index (χ2v) is 11.5. The van der Waals surface area contributed by atoms with Gasteiger partial charge in [-0.05, 0) is 56.8 Å². The molecule has 0 spiro atoms. The minimum absolute atomic E-state index is 0.811. The van der Waals surface area contributed by atoms with Gasteiger partial charge in [0.2, 0.25) is 0 Å². The molecule has 0 radical (unpaired) electrons. The van der Waals surface area contributed by atoms with Gasteiger partial charge in [-0.1, -0.05) is 147 Å². The van der Waals surface area contributed by atoms with Crippen molar-refractivity contribution >= 4 is 0 Å². The molecular weight excluding hydrogens is 458 g/mol. The molecule has 0 amide bonds. The predicted molar refractivity (Wildman–Crippen MR) is 172 cm³/mol. The third kappa shape index (κ3) is 19.5. The van der Waals surface area contributed by atoms with Crippen molar-refractivity contribution in [2.24, 2.45) is 0 Å². The first-order valence-corrected chi connectivity index (χ1v) is 16.7. The van der Waals surface area contributed by atoms with Crippen LogP contribution in [0.15, 0.2) is 67.2 Å². The number of quaternary nitrogens is 1. The average Bonchev–Trinajstić information content (AvgIpc) is 2.93. The highest BCUT2D eigenvalue weighted by molar-refractivity contribution is 5.14. The molecule has 0 saturated carbocycles. The van der Waals surface area contributed by atoms with Crippen LogP contribution in [0.3, 0.4) is 0 Å². The Morgan fingerprint density at radius 2 is 0.789 bits per heavy atom. The number of rotatable bonds is 26. The summed E-state index contributed by atoms with van der Waals surface area (Å²) in [5.41, 5.74) is 1.41. The fourth-order valence-corrected chi connectivity index (χ4v) is 5.15. The highest BCUT2D eigenvalue weighted by Crippen LogP contribution is 2.21. The van der Waals surface area contributed by atoms with Gasteiger partial charge in [0.15, 0.2) is 0 Å². The number of hydrogen-bond acceptors (Lipinski definition) is 0. The highest BCUT2D eigenvalue weighted by Gasteiger charge is 2.19. The van der Waals surface area contributed by atoms with E-state index in [0.29, 0.717) is 0 Å². The van der Waals surface area contributed by atoms with Crippen molar-refractivity contribution in [3.8, 4) is 0 Å². The standard InChI is InChI=1S/C37H64N/c1-4-7-10-13-16-19-22-28-33-38(36-37-31-26-25-27-32-37,34-29-23-20-17-14-11-8-5-2)35-30-24-21-18-15-12-9-6-3/h25-35H,4-24,36H2,1-3H3/q+1/b33-28-,34-29+,35-30+. The minimum Gasteiger partial charge on any atom is -0.242 e. The lowest BCUT2D eigenvalue weighted by Gasteiger charge is -2.27. The lowest BCUT2D eigenvalue weighted by Crippen LogP contribution is -2.30. The van der Waals surface area contributed by atoms with Gasteiger partial charge in [0.1, 0.15) is 25.1 Å². The average molecular weight is 523 g/mol. The Morgan fingerprint density at radius 1 is 0.447 bits per heavy atom. The van der Waals surface area contributed by atoms with Gasteiger partial charge in [-0.2, -0.15) is 0 Å². The van der Waals surface area contributed by atoms with Crippen molar-refractivity contribution in [3.63, 3.8) is 0 Å². The van der Waals surface area contributed by atoms with Crippen molar-refractivity contribution in [1.29, 1.82) is 0 Å². The summed E-state index contributed by atoms with van der Waals surface area (Å²) in [6.07, 6.45) is 43.0. The molecule has 1 rings (SSSR count). The van der Waals surface area contributed by atoms with Gasteiger partial charge in [-0.25, -0.2) is 4.48 Å². The summed E-state index contributed by atoms with van der Waals surface area (Å²) in [4.78, 5) is 0. The highest BCUT2D eigenvalue weighted by atomic mass is 15.3. The Morgan fingerprint density at radius 3 is 1.16 bits per heavy atom. The summed E-state index contributed by atoms with van der Waals surface area (Å²) in [5.74, 6) is 0. The van der Waals surface area contributed by atoms with Crippen LogP contribution in [0.1, 0.15) is 161 Å². The fraction of sp³-hybridized carbons (Fsp3) is 0.676. The number of nitrogens with zero attached hydrogens (tertiary/aromatic N) is 1. The van der Waals surface area contributed by atoms with E-state index in [1.165, 1.54) is 140 Å². The Hall–Kier alpha value is -1.60. The monoisotopic (exact) mass is 523 g/mol. The second-order valence-electron chi connectivity index (χ2n) is 11.5. The summed E-state index contributed by atoms with van der Waals surface area (Å²) in [7, 11) is 0. The van der Waals surface area contributed by atoms with Crippen LogP contribution < -0.4 is 0 Å². The molecule has 1 nitrogen and oxygen atoms in total. The lowest BCUT2D eigenvalue weighted by atomic mass is 10.1. The smallest absolute Gasteiger partial charge is 0.117 e. The van der Waals surface area contributed by atoms with E-state index >= 15 is 0 Å². The summed E-state index contributed by atoms with van der Waals surface area (Å²) in [6, 6.07) is 11.1. The zero-order valence-corrected chi connectivity index (χ0v) is 25.9. The molecule has 1 aromatic rings. The Kier molecular flexibility index (Phi) is 23.3. The zero-order valence-electron chi connectivity index (χ0n) is 25.9. The van der Waals surface area contributed by atoms with Crippen LogP contribution in [0.5, 0.6) is 0 Å². The Bertz CT molecular complexity index is 634. The maximum atomic E-state index is 2.48. The molecule has 0 saturated heterocycles. The maximum Gasteiger partial charge on any atom is 0.117 e. The molecule has 0 aliphatic heterocycles. The van der Waals surface area contributed by atoms with E-state index in [4.69, 9.17) is 0 Å². The first-order chi connectivity index (χ1) is 18.8. The molecule has 216 valence electrons. The second kappa shape index (κ2) is 25.7. The topological polar surface area (TPSA) is 0 Å². The van der Waals surface area contributed by atoms with Crippen molar-refractivity contribution in [3.05, 3.63) is 72.7 Å². The first kappa shape index (κ1) is 34.4. The van der Waals surface area contributed by atoms with Gasteiger partial charge in [-0.3, -0.25) is 0 Å². The van der Waals surface area contributed by atoms with Crippen LogP contribution in [-0.2, 0) is 6.54 Å². The predicted octanol–water partition coefficient (Wildman–Crippen LogP) is 12.8. The van der Waals surface area contributed by atoms with E-state index in [9.17, 15) is 0 Å². The normalized spacial score (nSPS) is 12.5. The molecule has 0 unspecified atom stereocenters. The summed E-state index contributed by atoms with van der Waals surface area (Å²) >= 11 is 0. The number of hydrogen-bond donors (Lipinski definition) is 0. The molecule has 0 fully saturated rings. The molecule has 0 N–H and O–H groups in total. The molecule has 1 heteroatoms. The SMILES string of the molecule is CCCCCCCC/C=C\[N+](/C=C/CCCCCCCC)(/C=C/CCCCCCCC)Cc1ccccc1. The molecule has 1 aromatic carbocycles. The zero-order chi connectivity index (χ0) is 27.4. The van der Waals surface area contributed by atoms with Crippen LogP contribution in [0.4, 0.5) is 0 Å². The molecule has 0 bridgehead atoms. The van der Waals surface area contributed by atoms with Gasteiger partial charge in [0, 0.05) is 5.56 Å². The molecule has 0 aliphatic rings. The number of benzene rings is 1. The third-order valence-electron chi connectivity index (χ3n) is 7.62. The lowest BCUT2D eigenvalue weighted by molar-refractivity contribution is -0.788. The van der Waals surface area contributed by atoms with E-state index in [-0.39, 0.29) is 0 Å². The van der Waals surface area contributed by atoms with E-state index in [2.05, 4.69) is 87.9 Å². The van der Waals surface area contributed by atoms with Crippen molar-refractivity contribution in [1.82, 2.24) is 0 Å². The van der Waals surface area contributed by atoms with E-state index < -0.39 is 0 Å². The molecule has 0 heterocycles. The molecule has 38 heavy (non-hydrogen) atoms. The summed E-state index contributed by atoms with van der Waals surface area (Å²) < 4.78 is 0.811. The third-order valence-corrected chi connectivity index (χ3v) is 7.62. The largest absolute Gasteiger partial charge is 0.242 e. The van der Waals surface area contributed by atoms with Crippen LogP contribution in [-0.4, -0.2) is 4.48 Å². The quantitative estimate of drug-likeness (QED) is 0.0838. The van der Waals surface area contributed by atoms with Gasteiger partial charge in [0.05, 0.1) is 0 Å². The summed E-state index contributed by atoms with van der Waals surface area (Å²) in [6.45, 7) is 7.89. The van der Waals surface area contributed by atoms with Gasteiger partial charge >= 0.3 is 0 Å².